The van der Waals surface area contributed by atoms with Crippen LogP contribution in [0.1, 0.15) is 57.1 Å². The maximum atomic E-state index is 13.0. The highest BCUT2D eigenvalue weighted by atomic mass is 16.6. The number of rotatable bonds is 2. The summed E-state index contributed by atoms with van der Waals surface area (Å²) >= 11 is 0. The summed E-state index contributed by atoms with van der Waals surface area (Å²) in [5, 5.41) is 0. The Hall–Kier alpha value is -1.88. The van der Waals surface area contributed by atoms with Gasteiger partial charge >= 0.3 is 5.97 Å². The summed E-state index contributed by atoms with van der Waals surface area (Å²) in [6.07, 6.45) is 6.92. The Balaban J connectivity index is 1.20. The van der Waals surface area contributed by atoms with E-state index in [0.717, 1.165) is 51.9 Å². The van der Waals surface area contributed by atoms with Crippen LogP contribution in [0.2, 0.25) is 0 Å². The second kappa shape index (κ2) is 7.06. The molecular weight excluding hydrogens is 388 g/mol. The molecule has 166 valence electrons. The third kappa shape index (κ3) is 3.14. The molecule has 1 aromatic rings. The average Bonchev–Trinajstić information content (AvgIpc) is 3.01. The number of piperidine rings is 1. The number of esters is 1. The number of ether oxygens (including phenoxy) is 1. The number of hydrogen-bond donors (Lipinski definition) is 0. The maximum absolute atomic E-state index is 13.0. The molecule has 0 N–H and O–H groups in total. The number of nitrogens with zero attached hydrogens (tertiary/aromatic N) is 2. The summed E-state index contributed by atoms with van der Waals surface area (Å²) in [4.78, 5) is 27.8. The molecule has 4 fully saturated rings. The van der Waals surface area contributed by atoms with Crippen LogP contribution in [-0.2, 0) is 16.1 Å². The van der Waals surface area contributed by atoms with E-state index in [-0.39, 0.29) is 29.0 Å². The van der Waals surface area contributed by atoms with E-state index in [1.807, 2.05) is 10.6 Å². The zero-order chi connectivity index (χ0) is 21.3. The lowest BCUT2D eigenvalue weighted by atomic mass is 9.55. The average molecular weight is 423 g/mol. The van der Waals surface area contributed by atoms with Crippen LogP contribution in [0.4, 0.5) is 0 Å². The largest absolute Gasteiger partial charge is 0.462 e. The first-order valence-electron chi connectivity index (χ1n) is 12.2. The minimum absolute atomic E-state index is 0.0129. The number of likely N-dealkylation sites (tertiary alicyclic amines) is 1. The van der Waals surface area contributed by atoms with Crippen LogP contribution in [0.5, 0.6) is 0 Å². The van der Waals surface area contributed by atoms with E-state index in [2.05, 4.69) is 24.5 Å². The molecule has 2 saturated carbocycles. The van der Waals surface area contributed by atoms with Gasteiger partial charge in [-0.15, -0.1) is 0 Å². The van der Waals surface area contributed by atoms with Crippen molar-refractivity contribution in [2.75, 3.05) is 19.6 Å². The van der Waals surface area contributed by atoms with Crippen molar-refractivity contribution in [3.8, 4) is 0 Å². The third-order valence-electron chi connectivity index (χ3n) is 9.33. The molecule has 2 aliphatic carbocycles. The molecule has 31 heavy (non-hydrogen) atoms. The molecule has 2 saturated heterocycles. The highest BCUT2D eigenvalue weighted by Gasteiger charge is 2.55. The molecule has 6 rings (SSSR count). The lowest BCUT2D eigenvalue weighted by molar-refractivity contribution is -0.146. The highest BCUT2D eigenvalue weighted by Crippen LogP contribution is 2.57. The van der Waals surface area contributed by atoms with Crippen molar-refractivity contribution in [3.05, 3.63) is 46.4 Å². The summed E-state index contributed by atoms with van der Waals surface area (Å²) in [6.45, 7) is 10.3. The maximum Gasteiger partial charge on any atom is 0.310 e. The monoisotopic (exact) mass is 422 g/mol. The fourth-order valence-corrected chi connectivity index (χ4v) is 7.89. The van der Waals surface area contributed by atoms with Gasteiger partial charge < -0.3 is 14.2 Å². The Labute approximate surface area is 184 Å². The predicted octanol–water partition coefficient (Wildman–Crippen LogP) is 3.58. The van der Waals surface area contributed by atoms with E-state index in [0.29, 0.717) is 23.7 Å². The van der Waals surface area contributed by atoms with Gasteiger partial charge in [-0.3, -0.25) is 9.59 Å². The standard InChI is InChI=1S/C26H34N2O3/c1-16-5-4-8-26(2)11-23-19(10-21(16)26)20(25(30)31-23)15-27-12-17-9-18(14-27)22-6-3-7-24(29)28(22)13-17/h3,6-7,17-21,23H,1,4-5,8-15H2,2H3/t17-,18+,19+,20-,21-,23-,26+/m0/s1. The van der Waals surface area contributed by atoms with Crippen LogP contribution in [0.15, 0.2) is 35.1 Å². The molecular formula is C26H34N2O3. The van der Waals surface area contributed by atoms with Crippen molar-refractivity contribution in [2.45, 2.75) is 64.0 Å². The molecule has 0 amide bonds. The first-order valence-corrected chi connectivity index (χ1v) is 12.2. The van der Waals surface area contributed by atoms with E-state index in [4.69, 9.17) is 4.74 Å². The van der Waals surface area contributed by atoms with Crippen molar-refractivity contribution >= 4 is 5.97 Å². The van der Waals surface area contributed by atoms with Crippen LogP contribution in [0.3, 0.4) is 0 Å². The minimum atomic E-state index is -0.0129. The van der Waals surface area contributed by atoms with Gasteiger partial charge in [0.2, 0.25) is 0 Å². The first-order chi connectivity index (χ1) is 14.9. The van der Waals surface area contributed by atoms with Gasteiger partial charge in [0.15, 0.2) is 0 Å². The second-order valence-electron chi connectivity index (χ2n) is 11.3. The smallest absolute Gasteiger partial charge is 0.310 e. The summed E-state index contributed by atoms with van der Waals surface area (Å²) in [7, 11) is 0. The SMILES string of the molecule is C=C1CCC[C@]2(C)C[C@@H]3OC(=O)[C@@H](CN4C[C@@H]5C[C@H](C4)c4cccc(=O)n4C5)[C@H]3C[C@@H]12. The topological polar surface area (TPSA) is 51.5 Å². The van der Waals surface area contributed by atoms with Crippen molar-refractivity contribution in [3.63, 3.8) is 0 Å². The first kappa shape index (κ1) is 19.8. The Bertz CT molecular complexity index is 983. The molecule has 7 atom stereocenters. The molecule has 0 radical (unpaired) electrons. The van der Waals surface area contributed by atoms with Crippen molar-refractivity contribution < 1.29 is 9.53 Å². The number of aromatic nitrogens is 1. The molecule has 0 aromatic carbocycles. The number of carbonyl (C=O) groups is 1. The van der Waals surface area contributed by atoms with Gasteiger partial charge in [-0.2, -0.15) is 0 Å². The van der Waals surface area contributed by atoms with Crippen LogP contribution >= 0.6 is 0 Å². The minimum Gasteiger partial charge on any atom is -0.462 e. The lowest BCUT2D eigenvalue weighted by Gasteiger charge is -2.50. The summed E-state index contributed by atoms with van der Waals surface area (Å²) in [5.74, 6) is 1.77. The highest BCUT2D eigenvalue weighted by molar-refractivity contribution is 5.75. The molecule has 0 unspecified atom stereocenters. The number of hydrogen-bond acceptors (Lipinski definition) is 4. The number of carbonyl (C=O) groups excluding carboxylic acids is 1. The van der Waals surface area contributed by atoms with Crippen LogP contribution in [0, 0.1) is 29.1 Å². The number of pyridine rings is 1. The molecule has 3 aliphatic heterocycles. The van der Waals surface area contributed by atoms with Crippen molar-refractivity contribution in [2.24, 2.45) is 29.1 Å². The number of fused-ring (bicyclic) bond motifs is 6. The van der Waals surface area contributed by atoms with Crippen molar-refractivity contribution in [1.82, 2.24) is 9.47 Å². The van der Waals surface area contributed by atoms with Gasteiger partial charge in [-0.25, -0.2) is 0 Å². The normalized spacial score (nSPS) is 41.8. The Morgan fingerprint density at radius 2 is 2.06 bits per heavy atom. The van der Waals surface area contributed by atoms with Crippen LogP contribution in [0.25, 0.3) is 0 Å². The van der Waals surface area contributed by atoms with Crippen LogP contribution < -0.4 is 5.56 Å². The molecule has 4 heterocycles. The van der Waals surface area contributed by atoms with Crippen molar-refractivity contribution in [1.29, 1.82) is 0 Å². The molecule has 5 heteroatoms. The Morgan fingerprint density at radius 3 is 2.94 bits per heavy atom. The van der Waals surface area contributed by atoms with Gasteiger partial charge in [0.05, 0.1) is 5.92 Å². The van der Waals surface area contributed by atoms with E-state index >= 15 is 0 Å². The molecule has 0 spiro atoms. The predicted molar refractivity (Wildman–Crippen MR) is 119 cm³/mol. The molecule has 5 aliphatic rings. The summed E-state index contributed by atoms with van der Waals surface area (Å²) < 4.78 is 7.97. The Morgan fingerprint density at radius 1 is 1.19 bits per heavy atom. The van der Waals surface area contributed by atoms with E-state index in [1.165, 1.54) is 24.1 Å². The van der Waals surface area contributed by atoms with E-state index in [9.17, 15) is 9.59 Å². The quantitative estimate of drug-likeness (QED) is 0.540. The summed E-state index contributed by atoms with van der Waals surface area (Å²) in [6, 6.07) is 5.68. The van der Waals surface area contributed by atoms with Gasteiger partial charge in [-0.05, 0) is 61.8 Å². The van der Waals surface area contributed by atoms with Gasteiger partial charge in [0.1, 0.15) is 6.10 Å². The van der Waals surface area contributed by atoms with Gasteiger partial charge in [0.25, 0.3) is 5.56 Å². The molecule has 1 aromatic heterocycles. The van der Waals surface area contributed by atoms with Crippen LogP contribution in [-0.4, -0.2) is 41.2 Å². The zero-order valence-electron chi connectivity index (χ0n) is 18.6. The fourth-order valence-electron chi connectivity index (χ4n) is 7.89. The fraction of sp³-hybridized carbons (Fsp3) is 0.692. The number of allylic oxidation sites excluding steroid dienone is 1. The van der Waals surface area contributed by atoms with E-state index < -0.39 is 0 Å². The van der Waals surface area contributed by atoms with Gasteiger partial charge in [0, 0.05) is 49.8 Å². The molecule has 5 nitrogen and oxygen atoms in total. The second-order valence-corrected chi connectivity index (χ2v) is 11.3. The van der Waals surface area contributed by atoms with E-state index in [1.54, 1.807) is 6.07 Å². The summed E-state index contributed by atoms with van der Waals surface area (Å²) in [5.41, 5.74) is 2.96. The van der Waals surface area contributed by atoms with Gasteiger partial charge in [-0.1, -0.05) is 25.1 Å². The zero-order valence-corrected chi connectivity index (χ0v) is 18.6. The Kier molecular flexibility index (Phi) is 4.51. The lowest BCUT2D eigenvalue weighted by Crippen LogP contribution is -2.50. The molecule has 2 bridgehead atoms. The third-order valence-corrected chi connectivity index (χ3v) is 9.33.